The van der Waals surface area contributed by atoms with Crippen LogP contribution in [0.5, 0.6) is 0 Å². The van der Waals surface area contributed by atoms with Crippen molar-refractivity contribution in [1.82, 2.24) is 0 Å². The van der Waals surface area contributed by atoms with Crippen LogP contribution in [0.4, 0.5) is 11.4 Å². The molecule has 2 N–H and O–H groups in total. The molecule has 8 nitrogen and oxygen atoms in total. The number of aliphatic imine (C=N–C) groups is 2. The van der Waals surface area contributed by atoms with Gasteiger partial charge in [-0.05, 0) is 110 Å². The SMILES string of the molecule is Cc1c(C(=O)O)ccc(Br)c1N=C1CCCCS1=O.Cc1ccc(C(=O)O)c(C)c1N=C1CCCCS1=O. The minimum absolute atomic E-state index is 0.226. The molecule has 2 heterocycles. The first kappa shape index (κ1) is 30.0. The van der Waals surface area contributed by atoms with Crippen LogP contribution in [0.1, 0.15) is 75.9 Å². The van der Waals surface area contributed by atoms with Crippen LogP contribution in [0.3, 0.4) is 0 Å². The first-order valence-corrected chi connectivity index (χ1v) is 15.7. The topological polar surface area (TPSA) is 133 Å². The van der Waals surface area contributed by atoms with Crippen molar-refractivity contribution >= 4 is 70.9 Å². The molecule has 2 unspecified atom stereocenters. The van der Waals surface area contributed by atoms with Gasteiger partial charge in [0.2, 0.25) is 0 Å². The van der Waals surface area contributed by atoms with Gasteiger partial charge in [0.05, 0.1) is 44.1 Å². The molecule has 2 atom stereocenters. The second kappa shape index (κ2) is 13.5. The Morgan fingerprint density at radius 1 is 0.737 bits per heavy atom. The zero-order valence-corrected chi connectivity index (χ0v) is 24.8. The molecule has 4 rings (SSSR count). The Morgan fingerprint density at radius 2 is 1.18 bits per heavy atom. The minimum atomic E-state index is -1.03. The molecule has 2 aromatic carbocycles. The van der Waals surface area contributed by atoms with Crippen LogP contribution >= 0.6 is 15.9 Å². The van der Waals surface area contributed by atoms with E-state index in [4.69, 9.17) is 10.2 Å². The highest BCUT2D eigenvalue weighted by Gasteiger charge is 2.19. The molecule has 2 aliphatic rings. The Hall–Kier alpha value is -2.50. The maximum atomic E-state index is 11.9. The number of carbonyl (C=O) groups is 2. The van der Waals surface area contributed by atoms with E-state index in [1.165, 1.54) is 0 Å². The third-order valence-electron chi connectivity index (χ3n) is 6.41. The van der Waals surface area contributed by atoms with Gasteiger partial charge in [0.1, 0.15) is 10.1 Å². The van der Waals surface area contributed by atoms with Crippen molar-refractivity contribution in [3.05, 3.63) is 56.6 Å². The fraction of sp³-hybridized carbons (Fsp3) is 0.407. The van der Waals surface area contributed by atoms with Crippen molar-refractivity contribution < 1.29 is 28.2 Å². The zero-order chi connectivity index (χ0) is 28.0. The lowest BCUT2D eigenvalue weighted by Crippen LogP contribution is -2.16. The lowest BCUT2D eigenvalue weighted by molar-refractivity contribution is 0.0685. The van der Waals surface area contributed by atoms with Crippen LogP contribution in [0.2, 0.25) is 0 Å². The zero-order valence-electron chi connectivity index (χ0n) is 21.6. The molecule has 0 radical (unpaired) electrons. The molecule has 38 heavy (non-hydrogen) atoms. The number of carboxylic acids is 2. The lowest BCUT2D eigenvalue weighted by atomic mass is 10.0. The number of carboxylic acid groups (broad SMARTS) is 2. The maximum absolute atomic E-state index is 11.9. The van der Waals surface area contributed by atoms with Crippen LogP contribution in [0, 0.1) is 20.8 Å². The first-order valence-electron chi connectivity index (χ1n) is 12.3. The molecule has 2 fully saturated rings. The molecule has 0 amide bonds. The van der Waals surface area contributed by atoms with Gasteiger partial charge < -0.3 is 10.2 Å². The number of benzene rings is 2. The van der Waals surface area contributed by atoms with Gasteiger partial charge in [-0.25, -0.2) is 19.6 Å². The molecule has 204 valence electrons. The molecular formula is C27H31BrN2O6S2. The van der Waals surface area contributed by atoms with Crippen LogP contribution in [-0.2, 0) is 21.6 Å². The highest BCUT2D eigenvalue weighted by Crippen LogP contribution is 2.33. The minimum Gasteiger partial charge on any atom is -0.478 e. The number of nitrogens with zero attached hydrogens (tertiary/aromatic N) is 2. The van der Waals surface area contributed by atoms with Crippen molar-refractivity contribution in [2.45, 2.75) is 59.3 Å². The Kier molecular flexibility index (Phi) is 10.7. The summed E-state index contributed by atoms with van der Waals surface area (Å²) in [4.78, 5) is 31.2. The second-order valence-electron chi connectivity index (χ2n) is 9.11. The maximum Gasteiger partial charge on any atom is 0.336 e. The summed E-state index contributed by atoms with van der Waals surface area (Å²) in [6, 6.07) is 6.56. The molecular weight excluding hydrogens is 592 g/mol. The fourth-order valence-electron chi connectivity index (χ4n) is 4.22. The molecule has 0 aromatic heterocycles. The van der Waals surface area contributed by atoms with E-state index in [0.717, 1.165) is 48.6 Å². The van der Waals surface area contributed by atoms with E-state index in [2.05, 4.69) is 25.9 Å². The molecule has 11 heteroatoms. The summed E-state index contributed by atoms with van der Waals surface area (Å²) < 4.78 is 24.5. The quantitative estimate of drug-likeness (QED) is 0.406. The number of aryl methyl sites for hydroxylation is 1. The van der Waals surface area contributed by atoms with E-state index >= 15 is 0 Å². The van der Waals surface area contributed by atoms with Crippen molar-refractivity contribution in [3.63, 3.8) is 0 Å². The summed E-state index contributed by atoms with van der Waals surface area (Å²) in [5.41, 5.74) is 3.86. The van der Waals surface area contributed by atoms with Gasteiger partial charge in [-0.2, -0.15) is 0 Å². The van der Waals surface area contributed by atoms with Crippen LogP contribution in [0.25, 0.3) is 0 Å². The molecule has 0 saturated carbocycles. The van der Waals surface area contributed by atoms with Crippen LogP contribution < -0.4 is 0 Å². The Balaban J connectivity index is 0.000000211. The molecule has 0 bridgehead atoms. The van der Waals surface area contributed by atoms with Crippen LogP contribution in [-0.4, -0.2) is 52.2 Å². The van der Waals surface area contributed by atoms with E-state index < -0.39 is 33.5 Å². The summed E-state index contributed by atoms with van der Waals surface area (Å²) in [6.45, 7) is 5.37. The largest absolute Gasteiger partial charge is 0.478 e. The number of rotatable bonds is 4. The smallest absolute Gasteiger partial charge is 0.336 e. The average Bonchev–Trinajstić information content (AvgIpc) is 2.86. The molecule has 2 aliphatic heterocycles. The highest BCUT2D eigenvalue weighted by atomic mass is 79.9. The van der Waals surface area contributed by atoms with Gasteiger partial charge in [-0.15, -0.1) is 0 Å². The predicted molar refractivity (Wildman–Crippen MR) is 157 cm³/mol. The third kappa shape index (κ3) is 7.33. The van der Waals surface area contributed by atoms with Gasteiger partial charge in [-0.1, -0.05) is 6.07 Å². The average molecular weight is 624 g/mol. The summed E-state index contributed by atoms with van der Waals surface area (Å²) in [6.07, 6.45) is 5.37. The Labute approximate surface area is 235 Å². The van der Waals surface area contributed by atoms with E-state index in [1.807, 2.05) is 6.92 Å². The molecule has 2 aromatic rings. The standard InChI is InChI=1S/C14H17NO3S.C13H14BrNO3S/c1-9-6-7-11(14(16)17)10(2)13(9)15-12-5-3-4-8-19(12)18;1-8-9(13(16)17)5-6-10(14)12(8)15-11-4-2-3-7-19(11)18/h6-7H,3-5,8H2,1-2H3,(H,16,17);5-6H,2-4,7H2,1H3,(H,16,17). The van der Waals surface area contributed by atoms with Gasteiger partial charge in [0, 0.05) is 16.0 Å². The van der Waals surface area contributed by atoms with Gasteiger partial charge in [0.15, 0.2) is 0 Å². The van der Waals surface area contributed by atoms with Gasteiger partial charge >= 0.3 is 11.9 Å². The van der Waals surface area contributed by atoms with E-state index in [0.29, 0.717) is 44.1 Å². The number of hydrogen-bond donors (Lipinski definition) is 2. The van der Waals surface area contributed by atoms with Gasteiger partial charge in [0.25, 0.3) is 0 Å². The van der Waals surface area contributed by atoms with E-state index in [-0.39, 0.29) is 11.1 Å². The number of aromatic carboxylic acids is 2. The third-order valence-corrected chi connectivity index (χ3v) is 10.0. The summed E-state index contributed by atoms with van der Waals surface area (Å²) in [7, 11) is -2.04. The van der Waals surface area contributed by atoms with Crippen LogP contribution in [0.15, 0.2) is 38.7 Å². The normalized spacial score (nSPS) is 21.6. The first-order chi connectivity index (χ1) is 18.0. The number of halogens is 1. The van der Waals surface area contributed by atoms with Crippen molar-refractivity contribution in [2.75, 3.05) is 11.5 Å². The molecule has 0 aliphatic carbocycles. The fourth-order valence-corrected chi connectivity index (χ4v) is 7.27. The molecule has 2 saturated heterocycles. The van der Waals surface area contributed by atoms with Crippen molar-refractivity contribution in [2.24, 2.45) is 9.98 Å². The predicted octanol–water partition coefficient (Wildman–Crippen LogP) is 6.38. The number of hydrogen-bond acceptors (Lipinski definition) is 6. The molecule has 0 spiro atoms. The summed E-state index contributed by atoms with van der Waals surface area (Å²) in [5, 5.41) is 19.6. The van der Waals surface area contributed by atoms with E-state index in [1.54, 1.807) is 38.1 Å². The highest BCUT2D eigenvalue weighted by molar-refractivity contribution is 9.10. The second-order valence-corrected chi connectivity index (χ2v) is 13.1. The lowest BCUT2D eigenvalue weighted by Gasteiger charge is -2.14. The monoisotopic (exact) mass is 622 g/mol. The Morgan fingerprint density at radius 3 is 1.66 bits per heavy atom. The summed E-state index contributed by atoms with van der Waals surface area (Å²) >= 11 is 3.38. The Bertz CT molecular complexity index is 1270. The van der Waals surface area contributed by atoms with Gasteiger partial charge in [-0.3, -0.25) is 8.42 Å². The van der Waals surface area contributed by atoms with Crippen molar-refractivity contribution in [3.8, 4) is 0 Å². The van der Waals surface area contributed by atoms with Crippen molar-refractivity contribution in [1.29, 1.82) is 0 Å². The van der Waals surface area contributed by atoms with E-state index in [9.17, 15) is 18.0 Å². The summed E-state index contributed by atoms with van der Waals surface area (Å²) in [5.74, 6) is -0.621.